The van der Waals surface area contributed by atoms with E-state index in [9.17, 15) is 14.2 Å². The van der Waals surface area contributed by atoms with Crippen LogP contribution in [-0.2, 0) is 28.2 Å². The molecule has 0 aromatic rings. The molecule has 9 heteroatoms. The average molecular weight is 791 g/mol. The quantitative estimate of drug-likeness (QED) is 0.0273. The van der Waals surface area contributed by atoms with E-state index in [2.05, 4.69) is 91.3 Å². The summed E-state index contributed by atoms with van der Waals surface area (Å²) in [6.45, 7) is 3.54. The summed E-state index contributed by atoms with van der Waals surface area (Å²) in [6.07, 6.45) is 53.3. The van der Waals surface area contributed by atoms with Crippen molar-refractivity contribution in [2.45, 2.75) is 193 Å². The fourth-order valence-electron chi connectivity index (χ4n) is 5.75. The third-order valence-electron chi connectivity index (χ3n) is 8.96. The lowest BCUT2D eigenvalue weighted by Gasteiger charge is -2.18. The van der Waals surface area contributed by atoms with Gasteiger partial charge in [-0.1, -0.05) is 164 Å². The second kappa shape index (κ2) is 41.1. The van der Waals surface area contributed by atoms with E-state index in [1.165, 1.54) is 70.6 Å². The topological polar surface area (TPSA) is 119 Å². The first-order chi connectivity index (χ1) is 26.8. The summed E-state index contributed by atoms with van der Waals surface area (Å²) in [4.78, 5) is 42.9. The van der Waals surface area contributed by atoms with E-state index in [4.69, 9.17) is 19.3 Å². The van der Waals surface area contributed by atoms with Crippen LogP contribution in [0.4, 0.5) is 0 Å². The third kappa shape index (κ3) is 44.1. The highest BCUT2D eigenvalue weighted by Crippen LogP contribution is 2.36. The van der Waals surface area contributed by atoms with Crippen LogP contribution in [0.2, 0.25) is 0 Å². The number of esters is 2. The smallest absolute Gasteiger partial charge is 0.462 e. The van der Waals surface area contributed by atoms with Gasteiger partial charge in [-0.2, -0.15) is 0 Å². The first kappa shape index (κ1) is 52.5. The molecule has 0 aromatic carbocycles. The van der Waals surface area contributed by atoms with E-state index in [0.29, 0.717) is 12.8 Å². The van der Waals surface area contributed by atoms with E-state index in [1.54, 1.807) is 0 Å². The molecule has 0 aromatic heterocycles. The molecule has 0 spiro atoms. The normalized spacial score (nSPS) is 13.2. The maximum atomic E-state index is 12.4. The molecule has 55 heavy (non-hydrogen) atoms. The van der Waals surface area contributed by atoms with Crippen molar-refractivity contribution in [2.24, 2.45) is 0 Å². The van der Waals surface area contributed by atoms with Crippen LogP contribution < -0.4 is 0 Å². The molecule has 0 aliphatic rings. The summed E-state index contributed by atoms with van der Waals surface area (Å²) in [6, 6.07) is 0. The molecular formula is C46H79O8P. The molecule has 1 unspecified atom stereocenters. The van der Waals surface area contributed by atoms with Gasteiger partial charge in [0.1, 0.15) is 6.61 Å². The van der Waals surface area contributed by atoms with Crippen LogP contribution in [0.1, 0.15) is 187 Å². The van der Waals surface area contributed by atoms with Crippen molar-refractivity contribution in [1.82, 2.24) is 0 Å². The molecule has 0 rings (SSSR count). The number of carbonyl (C=O) groups excluding carboxylic acids is 2. The van der Waals surface area contributed by atoms with Crippen molar-refractivity contribution in [2.75, 3.05) is 13.2 Å². The summed E-state index contributed by atoms with van der Waals surface area (Å²) in [5.41, 5.74) is 0. The molecule has 2 N–H and O–H groups in total. The Morgan fingerprint density at radius 1 is 0.491 bits per heavy atom. The molecule has 0 aliphatic heterocycles. The van der Waals surface area contributed by atoms with Gasteiger partial charge in [0.2, 0.25) is 0 Å². The van der Waals surface area contributed by atoms with Crippen LogP contribution in [0.25, 0.3) is 0 Å². The minimum Gasteiger partial charge on any atom is -0.462 e. The van der Waals surface area contributed by atoms with Crippen molar-refractivity contribution in [3.63, 3.8) is 0 Å². The number of allylic oxidation sites excluding steroid dienone is 12. The maximum absolute atomic E-state index is 12.4. The number of hydrogen-bond donors (Lipinski definition) is 2. The van der Waals surface area contributed by atoms with Crippen molar-refractivity contribution < 1.29 is 37.9 Å². The Kier molecular flexibility index (Phi) is 39.3. The zero-order valence-corrected chi connectivity index (χ0v) is 35.7. The number of hydrogen-bond acceptors (Lipinski definition) is 6. The highest BCUT2D eigenvalue weighted by molar-refractivity contribution is 7.46. The van der Waals surface area contributed by atoms with Crippen LogP contribution in [0, 0.1) is 0 Å². The van der Waals surface area contributed by atoms with Gasteiger partial charge >= 0.3 is 19.8 Å². The van der Waals surface area contributed by atoms with Gasteiger partial charge in [0.15, 0.2) is 6.10 Å². The summed E-state index contributed by atoms with van der Waals surface area (Å²) in [5, 5.41) is 0. The Morgan fingerprint density at radius 2 is 0.873 bits per heavy atom. The Bertz CT molecular complexity index is 1120. The SMILES string of the molecule is CC/C=C\C/C=C\C/C=C\C/C=C\C/C=C\CCCCCC(=O)OC(COC(=O)CCCCCCCCC/C=C\CCCCCCCCC)COP(=O)(O)O. The monoisotopic (exact) mass is 791 g/mol. The predicted octanol–water partition coefficient (Wildman–Crippen LogP) is 13.5. The summed E-state index contributed by atoms with van der Waals surface area (Å²) < 4.78 is 26.4. The molecule has 0 amide bonds. The van der Waals surface area contributed by atoms with Crippen LogP contribution in [0.5, 0.6) is 0 Å². The van der Waals surface area contributed by atoms with Gasteiger partial charge in [0, 0.05) is 12.8 Å². The summed E-state index contributed by atoms with van der Waals surface area (Å²) in [5.74, 6) is -0.930. The van der Waals surface area contributed by atoms with Gasteiger partial charge in [-0.25, -0.2) is 4.57 Å². The highest BCUT2D eigenvalue weighted by Gasteiger charge is 2.22. The molecule has 0 saturated heterocycles. The highest BCUT2D eigenvalue weighted by atomic mass is 31.2. The Balaban J connectivity index is 3.99. The van der Waals surface area contributed by atoms with E-state index < -0.39 is 32.5 Å². The Hall–Kier alpha value is -2.51. The number of phosphoric acid groups is 1. The van der Waals surface area contributed by atoms with Gasteiger partial charge in [-0.3, -0.25) is 14.1 Å². The molecule has 0 bridgehead atoms. The largest absolute Gasteiger partial charge is 0.469 e. The number of carbonyl (C=O) groups is 2. The minimum atomic E-state index is -4.77. The standard InChI is InChI=1S/C46H79O8P/c1-3-5-7-9-11-13-15-17-19-21-23-25-27-29-31-33-35-37-39-41-46(48)54-44(43-53-55(49,50)51)42-52-45(47)40-38-36-34-32-30-28-26-24-22-20-18-16-14-12-10-8-6-4-2/h5,7,11,13,17,19-20,22-23,25,29,31,44H,3-4,6,8-10,12,14-16,18,21,24,26-28,30,32-43H2,1-2H3,(H2,49,50,51)/b7-5-,13-11-,19-17-,22-20-,25-23-,31-29-. The van der Waals surface area contributed by atoms with E-state index in [1.807, 2.05) is 0 Å². The van der Waals surface area contributed by atoms with Crippen LogP contribution in [-0.4, -0.2) is 41.0 Å². The maximum Gasteiger partial charge on any atom is 0.469 e. The van der Waals surface area contributed by atoms with Crippen molar-refractivity contribution in [1.29, 1.82) is 0 Å². The lowest BCUT2D eigenvalue weighted by molar-refractivity contribution is -0.161. The van der Waals surface area contributed by atoms with Crippen LogP contribution in [0.15, 0.2) is 72.9 Å². The number of phosphoric ester groups is 1. The Labute approximate surface area is 336 Å². The van der Waals surface area contributed by atoms with Crippen LogP contribution in [0.3, 0.4) is 0 Å². The fourth-order valence-corrected chi connectivity index (χ4v) is 6.11. The zero-order valence-electron chi connectivity index (χ0n) is 34.8. The van der Waals surface area contributed by atoms with Crippen LogP contribution >= 0.6 is 7.82 Å². The lowest BCUT2D eigenvalue weighted by atomic mass is 10.1. The third-order valence-corrected chi connectivity index (χ3v) is 9.44. The number of rotatable bonds is 39. The van der Waals surface area contributed by atoms with Gasteiger partial charge in [-0.05, 0) is 83.5 Å². The van der Waals surface area contributed by atoms with E-state index in [-0.39, 0.29) is 19.4 Å². The second-order valence-electron chi connectivity index (χ2n) is 14.3. The zero-order chi connectivity index (χ0) is 40.3. The predicted molar refractivity (Wildman–Crippen MR) is 230 cm³/mol. The molecule has 1 atom stereocenters. The second-order valence-corrected chi connectivity index (χ2v) is 15.5. The van der Waals surface area contributed by atoms with Crippen molar-refractivity contribution in [3.05, 3.63) is 72.9 Å². The molecule has 316 valence electrons. The first-order valence-corrected chi connectivity index (χ1v) is 23.3. The van der Waals surface area contributed by atoms with E-state index in [0.717, 1.165) is 77.0 Å². The fraction of sp³-hybridized carbons (Fsp3) is 0.696. The van der Waals surface area contributed by atoms with E-state index >= 15 is 0 Å². The summed E-state index contributed by atoms with van der Waals surface area (Å²) >= 11 is 0. The van der Waals surface area contributed by atoms with Gasteiger partial charge in [0.25, 0.3) is 0 Å². The number of ether oxygens (including phenoxy) is 2. The molecule has 8 nitrogen and oxygen atoms in total. The summed E-state index contributed by atoms with van der Waals surface area (Å²) in [7, 11) is -4.77. The van der Waals surface area contributed by atoms with Gasteiger partial charge in [0.05, 0.1) is 6.61 Å². The van der Waals surface area contributed by atoms with Gasteiger partial charge in [-0.15, -0.1) is 0 Å². The van der Waals surface area contributed by atoms with Crippen molar-refractivity contribution in [3.8, 4) is 0 Å². The molecule has 0 radical (unpaired) electrons. The molecule has 0 heterocycles. The first-order valence-electron chi connectivity index (χ1n) is 21.7. The lowest BCUT2D eigenvalue weighted by Crippen LogP contribution is -2.29. The van der Waals surface area contributed by atoms with Crippen molar-refractivity contribution >= 4 is 19.8 Å². The molecular weight excluding hydrogens is 711 g/mol. The van der Waals surface area contributed by atoms with Gasteiger partial charge < -0.3 is 19.3 Å². The Morgan fingerprint density at radius 3 is 1.35 bits per heavy atom. The minimum absolute atomic E-state index is 0.169. The molecule has 0 saturated carbocycles. The number of unbranched alkanes of at least 4 members (excludes halogenated alkanes) is 17. The molecule has 0 aliphatic carbocycles. The average Bonchev–Trinajstić information content (AvgIpc) is 3.16. The molecule has 0 fully saturated rings.